The summed E-state index contributed by atoms with van der Waals surface area (Å²) in [6.45, 7) is 4.33. The van der Waals surface area contributed by atoms with Gasteiger partial charge >= 0.3 is 0 Å². The standard InChI is InChI=1S/C16H19IN2O2/c1-12-9-13(10-18-7-8-20-2)11-19-16(12)21-15-6-4-3-5-14(15)17/h3-6,9,11,18H,7-8,10H2,1-2H3. The van der Waals surface area contributed by atoms with Gasteiger partial charge in [-0.05, 0) is 53.3 Å². The average molecular weight is 398 g/mol. The lowest BCUT2D eigenvalue weighted by Gasteiger charge is -2.11. The van der Waals surface area contributed by atoms with E-state index in [0.29, 0.717) is 12.5 Å². The molecule has 0 radical (unpaired) electrons. The number of pyridine rings is 1. The Balaban J connectivity index is 2.01. The number of hydrogen-bond donors (Lipinski definition) is 1. The van der Waals surface area contributed by atoms with Gasteiger partial charge in [-0.15, -0.1) is 0 Å². The van der Waals surface area contributed by atoms with Crippen molar-refractivity contribution in [1.29, 1.82) is 0 Å². The molecule has 5 heteroatoms. The molecule has 0 fully saturated rings. The Morgan fingerprint density at radius 3 is 2.81 bits per heavy atom. The number of nitrogens with one attached hydrogen (secondary N) is 1. The zero-order valence-corrected chi connectivity index (χ0v) is 14.4. The number of para-hydroxylation sites is 1. The van der Waals surface area contributed by atoms with Gasteiger partial charge in [0.2, 0.25) is 5.88 Å². The Kier molecular flexibility index (Phi) is 6.41. The minimum Gasteiger partial charge on any atom is -0.438 e. The van der Waals surface area contributed by atoms with E-state index in [1.54, 1.807) is 7.11 Å². The van der Waals surface area contributed by atoms with Gasteiger partial charge in [0.15, 0.2) is 0 Å². The van der Waals surface area contributed by atoms with Gasteiger partial charge in [0.1, 0.15) is 5.75 Å². The molecule has 1 aromatic heterocycles. The maximum atomic E-state index is 5.88. The van der Waals surface area contributed by atoms with E-state index >= 15 is 0 Å². The van der Waals surface area contributed by atoms with Gasteiger partial charge in [0, 0.05) is 32.0 Å². The molecule has 0 aliphatic carbocycles. The summed E-state index contributed by atoms with van der Waals surface area (Å²) in [4.78, 5) is 4.42. The first-order chi connectivity index (χ1) is 10.2. The number of ether oxygens (including phenoxy) is 2. The molecule has 0 spiro atoms. The van der Waals surface area contributed by atoms with Crippen molar-refractivity contribution in [2.24, 2.45) is 0 Å². The number of benzene rings is 1. The molecule has 0 saturated heterocycles. The highest BCUT2D eigenvalue weighted by Gasteiger charge is 2.06. The van der Waals surface area contributed by atoms with Crippen LogP contribution in [0.1, 0.15) is 11.1 Å². The highest BCUT2D eigenvalue weighted by Crippen LogP contribution is 2.27. The molecule has 0 bridgehead atoms. The lowest BCUT2D eigenvalue weighted by Crippen LogP contribution is -2.18. The Labute approximate surface area is 139 Å². The quantitative estimate of drug-likeness (QED) is 0.573. The van der Waals surface area contributed by atoms with Gasteiger partial charge in [-0.3, -0.25) is 0 Å². The van der Waals surface area contributed by atoms with E-state index in [0.717, 1.165) is 33.5 Å². The zero-order valence-electron chi connectivity index (χ0n) is 12.2. The summed E-state index contributed by atoms with van der Waals surface area (Å²) in [7, 11) is 1.70. The predicted octanol–water partition coefficient (Wildman–Crippen LogP) is 3.52. The number of nitrogens with zero attached hydrogens (tertiary/aromatic N) is 1. The lowest BCUT2D eigenvalue weighted by molar-refractivity contribution is 0.199. The summed E-state index contributed by atoms with van der Waals surface area (Å²) in [5, 5.41) is 3.30. The number of aromatic nitrogens is 1. The molecule has 0 atom stereocenters. The summed E-state index contributed by atoms with van der Waals surface area (Å²) >= 11 is 2.26. The van der Waals surface area contributed by atoms with Crippen molar-refractivity contribution >= 4 is 22.6 Å². The van der Waals surface area contributed by atoms with Gasteiger partial charge in [-0.25, -0.2) is 4.98 Å². The summed E-state index contributed by atoms with van der Waals surface area (Å²) < 4.78 is 12.0. The fourth-order valence-corrected chi connectivity index (χ4v) is 2.36. The number of halogens is 1. The Morgan fingerprint density at radius 2 is 2.10 bits per heavy atom. The SMILES string of the molecule is COCCNCc1cnc(Oc2ccccc2I)c(C)c1. The minimum atomic E-state index is 0.653. The molecule has 2 aromatic rings. The van der Waals surface area contributed by atoms with Crippen LogP contribution >= 0.6 is 22.6 Å². The maximum Gasteiger partial charge on any atom is 0.222 e. The summed E-state index contributed by atoms with van der Waals surface area (Å²) in [6, 6.07) is 10.0. The van der Waals surface area contributed by atoms with Crippen LogP contribution in [0.5, 0.6) is 11.6 Å². The lowest BCUT2D eigenvalue weighted by atomic mass is 10.2. The van der Waals surface area contributed by atoms with Crippen molar-refractivity contribution in [3.63, 3.8) is 0 Å². The summed E-state index contributed by atoms with van der Waals surface area (Å²) in [5.74, 6) is 1.49. The monoisotopic (exact) mass is 398 g/mol. The van der Waals surface area contributed by atoms with Crippen LogP contribution in [0.25, 0.3) is 0 Å². The fraction of sp³-hybridized carbons (Fsp3) is 0.312. The third kappa shape index (κ3) is 4.94. The molecule has 0 aliphatic heterocycles. The van der Waals surface area contributed by atoms with Gasteiger partial charge in [0.25, 0.3) is 0 Å². The normalized spacial score (nSPS) is 10.6. The number of methoxy groups -OCH3 is 1. The van der Waals surface area contributed by atoms with E-state index in [4.69, 9.17) is 9.47 Å². The summed E-state index contributed by atoms with van der Waals surface area (Å²) in [6.07, 6.45) is 1.85. The second kappa shape index (κ2) is 8.31. The van der Waals surface area contributed by atoms with Crippen LogP contribution in [0.3, 0.4) is 0 Å². The first-order valence-electron chi connectivity index (χ1n) is 6.78. The molecule has 112 valence electrons. The molecule has 1 heterocycles. The molecule has 0 amide bonds. The molecule has 21 heavy (non-hydrogen) atoms. The van der Waals surface area contributed by atoms with Crippen molar-refractivity contribution in [3.8, 4) is 11.6 Å². The molecule has 1 N–H and O–H groups in total. The van der Waals surface area contributed by atoms with Gasteiger partial charge in [-0.2, -0.15) is 0 Å². The molecule has 2 rings (SSSR count). The van der Waals surface area contributed by atoms with Crippen LogP contribution in [0.15, 0.2) is 36.5 Å². The molecule has 0 aliphatic rings. The Bertz CT molecular complexity index is 590. The van der Waals surface area contributed by atoms with Gasteiger partial charge in [0.05, 0.1) is 10.2 Å². The molecular formula is C16H19IN2O2. The number of hydrogen-bond acceptors (Lipinski definition) is 4. The minimum absolute atomic E-state index is 0.653. The summed E-state index contributed by atoms with van der Waals surface area (Å²) in [5.41, 5.74) is 2.17. The molecule has 0 saturated carbocycles. The molecule has 4 nitrogen and oxygen atoms in total. The van der Waals surface area contributed by atoms with E-state index in [1.165, 1.54) is 0 Å². The second-order valence-corrected chi connectivity index (χ2v) is 5.83. The highest BCUT2D eigenvalue weighted by atomic mass is 127. The van der Waals surface area contributed by atoms with Crippen molar-refractivity contribution in [1.82, 2.24) is 10.3 Å². The van der Waals surface area contributed by atoms with E-state index in [2.05, 4.69) is 39.0 Å². The van der Waals surface area contributed by atoms with Crippen LogP contribution in [0.4, 0.5) is 0 Å². The Morgan fingerprint density at radius 1 is 1.29 bits per heavy atom. The zero-order chi connectivity index (χ0) is 15.1. The number of aryl methyl sites for hydroxylation is 1. The predicted molar refractivity (Wildman–Crippen MR) is 91.8 cm³/mol. The highest BCUT2D eigenvalue weighted by molar-refractivity contribution is 14.1. The van der Waals surface area contributed by atoms with Crippen LogP contribution < -0.4 is 10.1 Å². The first kappa shape index (κ1) is 16.2. The Hall–Kier alpha value is -1.18. The maximum absolute atomic E-state index is 5.88. The average Bonchev–Trinajstić information content (AvgIpc) is 2.48. The molecule has 0 unspecified atom stereocenters. The van der Waals surface area contributed by atoms with Crippen LogP contribution in [0, 0.1) is 10.5 Å². The van der Waals surface area contributed by atoms with Crippen LogP contribution in [-0.4, -0.2) is 25.2 Å². The van der Waals surface area contributed by atoms with Crippen molar-refractivity contribution in [2.75, 3.05) is 20.3 Å². The smallest absolute Gasteiger partial charge is 0.222 e. The third-order valence-corrected chi connectivity index (χ3v) is 3.83. The number of rotatable bonds is 7. The van der Waals surface area contributed by atoms with Crippen molar-refractivity contribution in [3.05, 3.63) is 51.2 Å². The second-order valence-electron chi connectivity index (χ2n) is 4.67. The largest absolute Gasteiger partial charge is 0.438 e. The van der Waals surface area contributed by atoms with Crippen molar-refractivity contribution < 1.29 is 9.47 Å². The molecular weight excluding hydrogens is 379 g/mol. The first-order valence-corrected chi connectivity index (χ1v) is 7.86. The van der Waals surface area contributed by atoms with E-state index in [-0.39, 0.29) is 0 Å². The van der Waals surface area contributed by atoms with Crippen LogP contribution in [-0.2, 0) is 11.3 Å². The van der Waals surface area contributed by atoms with Crippen LogP contribution in [0.2, 0.25) is 0 Å². The fourth-order valence-electron chi connectivity index (χ4n) is 1.86. The van der Waals surface area contributed by atoms with E-state index < -0.39 is 0 Å². The van der Waals surface area contributed by atoms with Gasteiger partial charge < -0.3 is 14.8 Å². The van der Waals surface area contributed by atoms with E-state index in [1.807, 2.05) is 37.4 Å². The van der Waals surface area contributed by atoms with E-state index in [9.17, 15) is 0 Å². The molecule has 1 aromatic carbocycles. The topological polar surface area (TPSA) is 43.4 Å². The third-order valence-electron chi connectivity index (χ3n) is 2.94. The van der Waals surface area contributed by atoms with Crippen molar-refractivity contribution in [2.45, 2.75) is 13.5 Å². The van der Waals surface area contributed by atoms with Gasteiger partial charge in [-0.1, -0.05) is 12.1 Å².